The van der Waals surface area contributed by atoms with Crippen LogP contribution in [0.5, 0.6) is 0 Å². The number of rotatable bonds is 5. The lowest BCUT2D eigenvalue weighted by molar-refractivity contribution is -0.120. The zero-order chi connectivity index (χ0) is 13.8. The highest BCUT2D eigenvalue weighted by Gasteiger charge is 2.27. The van der Waals surface area contributed by atoms with Gasteiger partial charge in [0.25, 0.3) is 5.91 Å². The SMILES string of the molecule is CCOCCCc1cc(=O)oc2c1C(=O)NC(=O)C2. The molecule has 0 aromatic carbocycles. The maximum absolute atomic E-state index is 11.8. The van der Waals surface area contributed by atoms with Crippen molar-refractivity contribution in [1.82, 2.24) is 5.32 Å². The van der Waals surface area contributed by atoms with Gasteiger partial charge in [-0.1, -0.05) is 0 Å². The van der Waals surface area contributed by atoms with E-state index in [1.807, 2.05) is 6.92 Å². The first-order chi connectivity index (χ1) is 9.11. The third-order valence-corrected chi connectivity index (χ3v) is 2.86. The van der Waals surface area contributed by atoms with E-state index in [2.05, 4.69) is 5.32 Å². The Labute approximate surface area is 109 Å². The normalized spacial score (nSPS) is 14.2. The molecule has 2 rings (SSSR count). The van der Waals surface area contributed by atoms with Crippen LogP contribution in [0.15, 0.2) is 15.3 Å². The highest BCUT2D eigenvalue weighted by Crippen LogP contribution is 2.18. The summed E-state index contributed by atoms with van der Waals surface area (Å²) in [6.45, 7) is 3.09. The molecular formula is C13H15NO5. The summed E-state index contributed by atoms with van der Waals surface area (Å²) in [5.74, 6) is -0.791. The molecule has 0 atom stereocenters. The average molecular weight is 265 g/mol. The molecule has 1 N–H and O–H groups in total. The van der Waals surface area contributed by atoms with Crippen LogP contribution in [-0.4, -0.2) is 25.0 Å². The predicted octanol–water partition coefficient (Wildman–Crippen LogP) is 0.421. The number of hydrogen-bond acceptors (Lipinski definition) is 5. The van der Waals surface area contributed by atoms with E-state index in [0.29, 0.717) is 37.2 Å². The van der Waals surface area contributed by atoms with Gasteiger partial charge in [0.1, 0.15) is 5.76 Å². The van der Waals surface area contributed by atoms with Gasteiger partial charge in [0.05, 0.1) is 12.0 Å². The zero-order valence-corrected chi connectivity index (χ0v) is 10.7. The number of nitrogens with one attached hydrogen (secondary N) is 1. The summed E-state index contributed by atoms with van der Waals surface area (Å²) in [5, 5.41) is 2.23. The minimum Gasteiger partial charge on any atom is -0.426 e. The van der Waals surface area contributed by atoms with Gasteiger partial charge < -0.3 is 9.15 Å². The Bertz CT molecular complexity index is 561. The highest BCUT2D eigenvalue weighted by atomic mass is 16.5. The largest absolute Gasteiger partial charge is 0.426 e. The molecule has 2 amide bonds. The zero-order valence-electron chi connectivity index (χ0n) is 10.7. The molecule has 1 aliphatic rings. The van der Waals surface area contributed by atoms with Crippen LogP contribution in [0.25, 0.3) is 0 Å². The van der Waals surface area contributed by atoms with Crippen molar-refractivity contribution in [3.8, 4) is 0 Å². The lowest BCUT2D eigenvalue weighted by Gasteiger charge is -2.16. The van der Waals surface area contributed by atoms with Crippen molar-refractivity contribution in [2.45, 2.75) is 26.2 Å². The van der Waals surface area contributed by atoms with E-state index in [-0.39, 0.29) is 12.2 Å². The fourth-order valence-corrected chi connectivity index (χ4v) is 2.08. The van der Waals surface area contributed by atoms with E-state index < -0.39 is 17.4 Å². The monoisotopic (exact) mass is 265 g/mol. The van der Waals surface area contributed by atoms with E-state index in [0.717, 1.165) is 0 Å². The summed E-state index contributed by atoms with van der Waals surface area (Å²) < 4.78 is 10.2. The number of hydrogen-bond donors (Lipinski definition) is 1. The topological polar surface area (TPSA) is 85.6 Å². The smallest absolute Gasteiger partial charge is 0.336 e. The number of fused-ring (bicyclic) bond motifs is 1. The minimum atomic E-state index is -0.535. The number of aryl methyl sites for hydroxylation is 1. The Morgan fingerprint density at radius 1 is 1.37 bits per heavy atom. The fraction of sp³-hybridized carbons (Fsp3) is 0.462. The molecule has 0 aliphatic carbocycles. The quantitative estimate of drug-likeness (QED) is 0.616. The van der Waals surface area contributed by atoms with Crippen LogP contribution in [0.4, 0.5) is 0 Å². The molecule has 1 aliphatic heterocycles. The van der Waals surface area contributed by atoms with Crippen LogP contribution in [-0.2, 0) is 22.4 Å². The molecule has 102 valence electrons. The molecule has 0 saturated carbocycles. The van der Waals surface area contributed by atoms with E-state index in [1.165, 1.54) is 6.07 Å². The van der Waals surface area contributed by atoms with Gasteiger partial charge in [-0.15, -0.1) is 0 Å². The molecule has 0 spiro atoms. The molecular weight excluding hydrogens is 250 g/mol. The summed E-state index contributed by atoms with van der Waals surface area (Å²) >= 11 is 0. The first-order valence-electron chi connectivity index (χ1n) is 6.19. The van der Waals surface area contributed by atoms with E-state index >= 15 is 0 Å². The molecule has 0 unspecified atom stereocenters. The number of carbonyl (C=O) groups is 2. The molecule has 0 bridgehead atoms. The van der Waals surface area contributed by atoms with E-state index in [1.54, 1.807) is 0 Å². The van der Waals surface area contributed by atoms with Crippen LogP contribution < -0.4 is 10.9 Å². The molecule has 19 heavy (non-hydrogen) atoms. The van der Waals surface area contributed by atoms with Crippen molar-refractivity contribution in [3.63, 3.8) is 0 Å². The fourth-order valence-electron chi connectivity index (χ4n) is 2.08. The molecule has 6 heteroatoms. The Morgan fingerprint density at radius 3 is 2.89 bits per heavy atom. The number of carbonyl (C=O) groups excluding carboxylic acids is 2. The molecule has 0 saturated heterocycles. The van der Waals surface area contributed by atoms with Crippen LogP contribution in [0.1, 0.15) is 35.0 Å². The van der Waals surface area contributed by atoms with Gasteiger partial charge in [-0.05, 0) is 25.3 Å². The van der Waals surface area contributed by atoms with Crippen molar-refractivity contribution >= 4 is 11.8 Å². The molecule has 1 aromatic heterocycles. The van der Waals surface area contributed by atoms with Crippen molar-refractivity contribution in [1.29, 1.82) is 0 Å². The Hall–Kier alpha value is -1.95. The molecule has 6 nitrogen and oxygen atoms in total. The van der Waals surface area contributed by atoms with Gasteiger partial charge in [0, 0.05) is 19.3 Å². The van der Waals surface area contributed by atoms with Crippen LogP contribution in [0.2, 0.25) is 0 Å². The summed E-state index contributed by atoms with van der Waals surface area (Å²) in [4.78, 5) is 34.5. The second-order valence-electron chi connectivity index (χ2n) is 4.24. The standard InChI is InChI=1S/C13H15NO5/c1-2-18-5-3-4-8-6-11(16)19-9-7-10(15)14-13(17)12(8)9/h6H,2-5,7H2,1H3,(H,14,15,17). The molecule has 1 aromatic rings. The van der Waals surface area contributed by atoms with Gasteiger partial charge in [0.15, 0.2) is 0 Å². The second kappa shape index (κ2) is 5.79. The number of ether oxygens (including phenoxy) is 1. The van der Waals surface area contributed by atoms with Gasteiger partial charge in [-0.25, -0.2) is 4.79 Å². The maximum atomic E-state index is 11.8. The van der Waals surface area contributed by atoms with Gasteiger partial charge in [-0.2, -0.15) is 0 Å². The van der Waals surface area contributed by atoms with E-state index in [4.69, 9.17) is 9.15 Å². The highest BCUT2D eigenvalue weighted by molar-refractivity contribution is 6.09. The summed E-state index contributed by atoms with van der Waals surface area (Å²) in [5.41, 5.74) is 0.388. The van der Waals surface area contributed by atoms with Crippen LogP contribution >= 0.6 is 0 Å². The van der Waals surface area contributed by atoms with Crippen molar-refractivity contribution in [3.05, 3.63) is 33.4 Å². The maximum Gasteiger partial charge on any atom is 0.336 e. The average Bonchev–Trinajstić information content (AvgIpc) is 2.33. The Morgan fingerprint density at radius 2 is 2.16 bits per heavy atom. The second-order valence-corrected chi connectivity index (χ2v) is 4.24. The number of amides is 2. The number of imide groups is 1. The summed E-state index contributed by atoms with van der Waals surface area (Å²) in [6.07, 6.45) is 1.16. The third kappa shape index (κ3) is 3.08. The van der Waals surface area contributed by atoms with Crippen molar-refractivity contribution in [2.75, 3.05) is 13.2 Å². The van der Waals surface area contributed by atoms with Crippen LogP contribution in [0, 0.1) is 0 Å². The van der Waals surface area contributed by atoms with E-state index in [9.17, 15) is 14.4 Å². The van der Waals surface area contributed by atoms with Gasteiger partial charge >= 0.3 is 5.63 Å². The molecule has 0 fully saturated rings. The van der Waals surface area contributed by atoms with Crippen molar-refractivity contribution in [2.24, 2.45) is 0 Å². The predicted molar refractivity (Wildman–Crippen MR) is 66.0 cm³/mol. The Kier molecular flexibility index (Phi) is 4.11. The molecule has 0 radical (unpaired) electrons. The van der Waals surface area contributed by atoms with Gasteiger partial charge in [-0.3, -0.25) is 14.9 Å². The summed E-state index contributed by atoms with van der Waals surface area (Å²) in [7, 11) is 0. The minimum absolute atomic E-state index is 0.0738. The third-order valence-electron chi connectivity index (χ3n) is 2.86. The van der Waals surface area contributed by atoms with Crippen LogP contribution in [0.3, 0.4) is 0 Å². The summed E-state index contributed by atoms with van der Waals surface area (Å²) in [6, 6.07) is 1.31. The lowest BCUT2D eigenvalue weighted by atomic mass is 9.98. The van der Waals surface area contributed by atoms with Gasteiger partial charge in [0.2, 0.25) is 5.91 Å². The lowest BCUT2D eigenvalue weighted by Crippen LogP contribution is -2.38. The molecule has 2 heterocycles. The van der Waals surface area contributed by atoms with Crippen molar-refractivity contribution < 1.29 is 18.7 Å². The first kappa shape index (κ1) is 13.5. The first-order valence-corrected chi connectivity index (χ1v) is 6.19. The Balaban J connectivity index is 2.26.